The molecule has 0 radical (unpaired) electrons. The summed E-state index contributed by atoms with van der Waals surface area (Å²) in [5, 5.41) is 3.19. The van der Waals surface area contributed by atoms with E-state index >= 15 is 0 Å². The Balaban J connectivity index is 2.11. The fourth-order valence-electron chi connectivity index (χ4n) is 2.61. The molecule has 1 aromatic rings. The molecule has 0 bridgehead atoms. The molecule has 0 aromatic heterocycles. The van der Waals surface area contributed by atoms with Crippen LogP contribution in [-0.4, -0.2) is 13.7 Å². The van der Waals surface area contributed by atoms with Crippen molar-refractivity contribution in [2.24, 2.45) is 0 Å². The van der Waals surface area contributed by atoms with Gasteiger partial charge in [-0.15, -0.1) is 0 Å². The van der Waals surface area contributed by atoms with E-state index in [4.69, 9.17) is 4.74 Å². The van der Waals surface area contributed by atoms with E-state index < -0.39 is 0 Å². The van der Waals surface area contributed by atoms with Gasteiger partial charge in [0.15, 0.2) is 0 Å². The average molecular weight is 189 g/mol. The summed E-state index contributed by atoms with van der Waals surface area (Å²) in [6.45, 7) is 0.890. The Labute approximate surface area is 84.3 Å². The highest BCUT2D eigenvalue weighted by Gasteiger charge is 2.45. The fourth-order valence-corrected chi connectivity index (χ4v) is 2.61. The zero-order valence-corrected chi connectivity index (χ0v) is 8.47. The second kappa shape index (κ2) is 2.66. The van der Waals surface area contributed by atoms with Crippen LogP contribution in [0.2, 0.25) is 0 Å². The van der Waals surface area contributed by atoms with Gasteiger partial charge in [-0.05, 0) is 18.9 Å². The molecule has 1 aliphatic heterocycles. The lowest BCUT2D eigenvalue weighted by Crippen LogP contribution is -2.35. The molecular formula is C12H15NO. The Morgan fingerprint density at radius 2 is 2.21 bits per heavy atom. The quantitative estimate of drug-likeness (QED) is 0.733. The number of rotatable bonds is 1. The molecule has 14 heavy (non-hydrogen) atoms. The van der Waals surface area contributed by atoms with Crippen LogP contribution in [0.25, 0.3) is 0 Å². The minimum Gasteiger partial charge on any atom is -0.490 e. The lowest BCUT2D eigenvalue weighted by atomic mass is 9.66. The SMILES string of the molecule is CNc1cccc2c1OCC21CCC1. The van der Waals surface area contributed by atoms with E-state index in [1.807, 2.05) is 7.05 Å². The van der Waals surface area contributed by atoms with Crippen molar-refractivity contribution in [3.8, 4) is 5.75 Å². The van der Waals surface area contributed by atoms with Gasteiger partial charge in [-0.1, -0.05) is 18.6 Å². The Morgan fingerprint density at radius 1 is 1.36 bits per heavy atom. The van der Waals surface area contributed by atoms with Gasteiger partial charge in [0.05, 0.1) is 12.3 Å². The van der Waals surface area contributed by atoms with Crippen molar-refractivity contribution in [3.05, 3.63) is 23.8 Å². The number of nitrogens with one attached hydrogen (secondary N) is 1. The van der Waals surface area contributed by atoms with E-state index in [-0.39, 0.29) is 0 Å². The van der Waals surface area contributed by atoms with E-state index in [9.17, 15) is 0 Å². The highest BCUT2D eigenvalue weighted by atomic mass is 16.5. The van der Waals surface area contributed by atoms with Crippen LogP contribution in [0.5, 0.6) is 5.75 Å². The third-order valence-corrected chi connectivity index (χ3v) is 3.66. The number of hydrogen-bond acceptors (Lipinski definition) is 2. The molecule has 1 fully saturated rings. The Kier molecular flexibility index (Phi) is 1.55. The predicted molar refractivity (Wildman–Crippen MR) is 57.0 cm³/mol. The van der Waals surface area contributed by atoms with Gasteiger partial charge in [0, 0.05) is 18.0 Å². The Bertz CT molecular complexity index is 369. The average Bonchev–Trinajstić information content (AvgIpc) is 2.55. The first-order valence-electron chi connectivity index (χ1n) is 5.30. The van der Waals surface area contributed by atoms with Crippen molar-refractivity contribution in [3.63, 3.8) is 0 Å². The van der Waals surface area contributed by atoms with Crippen molar-refractivity contribution in [2.45, 2.75) is 24.7 Å². The van der Waals surface area contributed by atoms with Crippen LogP contribution < -0.4 is 10.1 Å². The number of fused-ring (bicyclic) bond motifs is 2. The van der Waals surface area contributed by atoms with E-state index in [0.29, 0.717) is 5.41 Å². The molecule has 0 amide bonds. The summed E-state index contributed by atoms with van der Waals surface area (Å²) >= 11 is 0. The van der Waals surface area contributed by atoms with Gasteiger partial charge in [0.1, 0.15) is 5.75 Å². The molecule has 2 nitrogen and oxygen atoms in total. The van der Waals surface area contributed by atoms with Crippen LogP contribution >= 0.6 is 0 Å². The van der Waals surface area contributed by atoms with E-state index in [1.165, 1.54) is 24.8 Å². The van der Waals surface area contributed by atoms with Crippen LogP contribution in [0.4, 0.5) is 5.69 Å². The first-order chi connectivity index (χ1) is 6.86. The second-order valence-electron chi connectivity index (χ2n) is 4.35. The minimum absolute atomic E-state index is 0.377. The number of para-hydroxylation sites is 1. The van der Waals surface area contributed by atoms with Gasteiger partial charge in [-0.3, -0.25) is 0 Å². The minimum atomic E-state index is 0.377. The first-order valence-corrected chi connectivity index (χ1v) is 5.30. The molecular weight excluding hydrogens is 174 g/mol. The summed E-state index contributed by atoms with van der Waals surface area (Å²) in [4.78, 5) is 0. The van der Waals surface area contributed by atoms with Crippen molar-refractivity contribution >= 4 is 5.69 Å². The second-order valence-corrected chi connectivity index (χ2v) is 4.35. The smallest absolute Gasteiger partial charge is 0.146 e. The van der Waals surface area contributed by atoms with Gasteiger partial charge in [-0.25, -0.2) is 0 Å². The van der Waals surface area contributed by atoms with E-state index in [2.05, 4.69) is 23.5 Å². The summed E-state index contributed by atoms with van der Waals surface area (Å²) in [6.07, 6.45) is 3.95. The molecule has 0 saturated heterocycles. The molecule has 1 aromatic carbocycles. The number of anilines is 1. The molecule has 1 spiro atoms. The summed E-state index contributed by atoms with van der Waals surface area (Å²) in [7, 11) is 1.95. The molecule has 1 aliphatic carbocycles. The monoisotopic (exact) mass is 189 g/mol. The van der Waals surface area contributed by atoms with Crippen molar-refractivity contribution < 1.29 is 4.74 Å². The summed E-state index contributed by atoms with van der Waals surface area (Å²) in [5.74, 6) is 1.09. The molecule has 2 aliphatic rings. The molecule has 74 valence electrons. The highest BCUT2D eigenvalue weighted by Crippen LogP contribution is 2.53. The van der Waals surface area contributed by atoms with Crippen LogP contribution in [-0.2, 0) is 5.41 Å². The zero-order chi connectivity index (χ0) is 9.60. The molecule has 0 unspecified atom stereocenters. The summed E-state index contributed by atoms with van der Waals surface area (Å²) in [5.41, 5.74) is 2.93. The van der Waals surface area contributed by atoms with Crippen LogP contribution in [0.3, 0.4) is 0 Å². The molecule has 2 heteroatoms. The molecule has 0 atom stereocenters. The van der Waals surface area contributed by atoms with E-state index in [0.717, 1.165) is 18.0 Å². The number of hydrogen-bond donors (Lipinski definition) is 1. The molecule has 1 N–H and O–H groups in total. The predicted octanol–water partition coefficient (Wildman–Crippen LogP) is 2.54. The molecule has 1 saturated carbocycles. The lowest BCUT2D eigenvalue weighted by molar-refractivity contribution is 0.178. The van der Waals surface area contributed by atoms with Crippen LogP contribution in [0, 0.1) is 0 Å². The number of benzene rings is 1. The first kappa shape index (κ1) is 8.16. The third kappa shape index (κ3) is 0.861. The van der Waals surface area contributed by atoms with Gasteiger partial charge < -0.3 is 10.1 Å². The Morgan fingerprint density at radius 3 is 2.86 bits per heavy atom. The molecule has 3 rings (SSSR count). The standard InChI is InChI=1S/C12H15NO/c1-13-10-5-2-4-9-11(10)14-8-12(9)6-3-7-12/h2,4-5,13H,3,6-8H2,1H3. The van der Waals surface area contributed by atoms with Gasteiger partial charge in [-0.2, -0.15) is 0 Å². The van der Waals surface area contributed by atoms with Gasteiger partial charge in [0.2, 0.25) is 0 Å². The topological polar surface area (TPSA) is 21.3 Å². The zero-order valence-electron chi connectivity index (χ0n) is 8.47. The lowest BCUT2D eigenvalue weighted by Gasteiger charge is -2.36. The third-order valence-electron chi connectivity index (χ3n) is 3.66. The molecule has 1 heterocycles. The van der Waals surface area contributed by atoms with Gasteiger partial charge in [0.25, 0.3) is 0 Å². The van der Waals surface area contributed by atoms with Crippen molar-refractivity contribution in [2.75, 3.05) is 19.0 Å². The summed E-state index contributed by atoms with van der Waals surface area (Å²) in [6, 6.07) is 6.43. The normalized spacial score (nSPS) is 21.2. The van der Waals surface area contributed by atoms with Crippen LogP contribution in [0.1, 0.15) is 24.8 Å². The van der Waals surface area contributed by atoms with Gasteiger partial charge >= 0.3 is 0 Å². The highest BCUT2D eigenvalue weighted by molar-refractivity contribution is 5.64. The maximum absolute atomic E-state index is 5.82. The van der Waals surface area contributed by atoms with Crippen LogP contribution in [0.15, 0.2) is 18.2 Å². The van der Waals surface area contributed by atoms with Crippen molar-refractivity contribution in [1.29, 1.82) is 0 Å². The fraction of sp³-hybridized carbons (Fsp3) is 0.500. The maximum Gasteiger partial charge on any atom is 0.146 e. The van der Waals surface area contributed by atoms with E-state index in [1.54, 1.807) is 0 Å². The maximum atomic E-state index is 5.82. The van der Waals surface area contributed by atoms with Crippen molar-refractivity contribution in [1.82, 2.24) is 0 Å². The largest absolute Gasteiger partial charge is 0.490 e. The summed E-state index contributed by atoms with van der Waals surface area (Å²) < 4.78 is 5.82. The Hall–Kier alpha value is -1.18. The number of ether oxygens (including phenoxy) is 1.